The summed E-state index contributed by atoms with van der Waals surface area (Å²) >= 11 is 0. The third kappa shape index (κ3) is 3.41. The molecule has 2 fully saturated rings. The fraction of sp³-hybridized carbons (Fsp3) is 0.450. The van der Waals surface area contributed by atoms with Gasteiger partial charge in [-0.15, -0.1) is 0 Å². The molecule has 2 aromatic heterocycles. The number of rotatable bonds is 3. The van der Waals surface area contributed by atoms with E-state index in [2.05, 4.69) is 25.9 Å². The molecule has 4 heterocycles. The Balaban J connectivity index is 1.48. The maximum atomic E-state index is 13.4. The largest absolute Gasteiger partial charge is 0.341 e. The fourth-order valence-corrected chi connectivity index (χ4v) is 3.81. The summed E-state index contributed by atoms with van der Waals surface area (Å²) in [5.41, 5.74) is 0.816. The number of nitriles is 1. The first kappa shape index (κ1) is 18.3. The van der Waals surface area contributed by atoms with E-state index in [-0.39, 0.29) is 11.9 Å². The predicted molar refractivity (Wildman–Crippen MR) is 101 cm³/mol. The number of anilines is 1. The molecule has 0 saturated carbocycles. The number of amides is 1. The Bertz CT molecular complexity index is 889. The second-order valence-electron chi connectivity index (χ2n) is 7.48. The normalized spacial score (nSPS) is 21.4. The van der Waals surface area contributed by atoms with Gasteiger partial charge in [0, 0.05) is 44.3 Å². The van der Waals surface area contributed by atoms with Crippen molar-refractivity contribution in [2.75, 3.05) is 24.6 Å². The minimum Gasteiger partial charge on any atom is -0.341 e. The molecule has 2 saturated heterocycles. The highest BCUT2D eigenvalue weighted by Gasteiger charge is 2.44. The number of piperidine rings is 1. The molecule has 0 spiro atoms. The zero-order valence-electron chi connectivity index (χ0n) is 15.8. The second kappa shape index (κ2) is 7.52. The summed E-state index contributed by atoms with van der Waals surface area (Å²) in [5.74, 6) is 0.692. The zero-order valence-corrected chi connectivity index (χ0v) is 15.8. The molecule has 1 atom stereocenters. The summed E-state index contributed by atoms with van der Waals surface area (Å²) in [5, 5.41) is 10.6. The van der Waals surface area contributed by atoms with Crippen molar-refractivity contribution in [2.45, 2.75) is 32.2 Å². The number of pyridine rings is 1. The Morgan fingerprint density at radius 2 is 2.04 bits per heavy atom. The number of nitrogens with zero attached hydrogens (tertiary/aromatic N) is 6. The molecule has 2 aliphatic heterocycles. The molecule has 0 radical (unpaired) electrons. The van der Waals surface area contributed by atoms with Gasteiger partial charge in [0.15, 0.2) is 0 Å². The van der Waals surface area contributed by atoms with Gasteiger partial charge in [-0.3, -0.25) is 14.6 Å². The molecule has 0 bridgehead atoms. The Kier molecular flexibility index (Phi) is 4.92. The molecule has 0 unspecified atom stereocenters. The molecule has 8 heteroatoms. The first-order valence-corrected chi connectivity index (χ1v) is 9.44. The molecule has 8 nitrogen and oxygen atoms in total. The van der Waals surface area contributed by atoms with E-state index in [1.165, 1.54) is 11.3 Å². The first-order valence-electron chi connectivity index (χ1n) is 9.44. The van der Waals surface area contributed by atoms with Gasteiger partial charge in [0.2, 0.25) is 5.95 Å². The van der Waals surface area contributed by atoms with Gasteiger partial charge in [-0.05, 0) is 30.5 Å². The fourth-order valence-electron chi connectivity index (χ4n) is 3.81. The lowest BCUT2D eigenvalue weighted by Crippen LogP contribution is -2.48. The van der Waals surface area contributed by atoms with E-state index in [9.17, 15) is 4.79 Å². The van der Waals surface area contributed by atoms with Gasteiger partial charge in [-0.1, -0.05) is 6.92 Å². The molecular formula is C20H22N6O2. The average Bonchev–Trinajstić information content (AvgIpc) is 3.24. The van der Waals surface area contributed by atoms with Crippen molar-refractivity contribution in [1.82, 2.24) is 20.0 Å². The van der Waals surface area contributed by atoms with Gasteiger partial charge >= 0.3 is 0 Å². The van der Waals surface area contributed by atoms with Crippen LogP contribution in [0, 0.1) is 16.7 Å². The topological polar surface area (TPSA) is 95.2 Å². The Hall–Kier alpha value is -3.05. The highest BCUT2D eigenvalue weighted by atomic mass is 16.7. The minimum atomic E-state index is -0.506. The van der Waals surface area contributed by atoms with Crippen LogP contribution in [-0.4, -0.2) is 45.6 Å². The molecule has 0 N–H and O–H groups in total. The zero-order chi connectivity index (χ0) is 19.6. The molecule has 2 aliphatic rings. The number of aromatic nitrogens is 3. The lowest BCUT2D eigenvalue weighted by molar-refractivity contribution is -0.189. The quantitative estimate of drug-likeness (QED) is 0.808. The van der Waals surface area contributed by atoms with E-state index >= 15 is 0 Å². The number of hydrogen-bond donors (Lipinski definition) is 0. The van der Waals surface area contributed by atoms with Gasteiger partial charge in [-0.25, -0.2) is 15.0 Å². The van der Waals surface area contributed by atoms with Gasteiger partial charge in [0.25, 0.3) is 5.91 Å². The van der Waals surface area contributed by atoms with Gasteiger partial charge in [0.1, 0.15) is 6.07 Å². The third-order valence-corrected chi connectivity index (χ3v) is 5.60. The summed E-state index contributed by atoms with van der Waals surface area (Å²) < 4.78 is 0. The predicted octanol–water partition coefficient (Wildman–Crippen LogP) is 2.25. The van der Waals surface area contributed by atoms with Crippen molar-refractivity contribution >= 4 is 11.9 Å². The highest BCUT2D eigenvalue weighted by Crippen LogP contribution is 2.39. The Labute approximate surface area is 163 Å². The first-order chi connectivity index (χ1) is 13.6. The van der Waals surface area contributed by atoms with Crippen molar-refractivity contribution in [1.29, 1.82) is 5.26 Å². The molecule has 4 rings (SSSR count). The van der Waals surface area contributed by atoms with Crippen LogP contribution in [0.3, 0.4) is 0 Å². The number of hydrogen-bond acceptors (Lipinski definition) is 7. The lowest BCUT2D eigenvalue weighted by Gasteiger charge is -2.40. The summed E-state index contributed by atoms with van der Waals surface area (Å²) in [4.78, 5) is 33.9. The maximum Gasteiger partial charge on any atom is 0.252 e. The van der Waals surface area contributed by atoms with Crippen molar-refractivity contribution in [3.05, 3.63) is 48.0 Å². The van der Waals surface area contributed by atoms with Crippen LogP contribution >= 0.6 is 0 Å². The highest BCUT2D eigenvalue weighted by molar-refractivity contribution is 5.82. The SMILES string of the molecule is CC1(C(=O)N2OCC[C@H]2c2cncc(C#N)c2)CCN(c2ncccn2)CC1. The van der Waals surface area contributed by atoms with E-state index in [0.29, 0.717) is 37.4 Å². The van der Waals surface area contributed by atoms with E-state index in [4.69, 9.17) is 10.1 Å². The van der Waals surface area contributed by atoms with Crippen LogP contribution in [0.15, 0.2) is 36.9 Å². The monoisotopic (exact) mass is 378 g/mol. The third-order valence-electron chi connectivity index (χ3n) is 5.60. The smallest absolute Gasteiger partial charge is 0.252 e. The molecule has 0 aliphatic carbocycles. The van der Waals surface area contributed by atoms with Crippen molar-refractivity contribution in [2.24, 2.45) is 5.41 Å². The van der Waals surface area contributed by atoms with Crippen molar-refractivity contribution in [3.8, 4) is 6.07 Å². The number of carbonyl (C=O) groups excluding carboxylic acids is 1. The van der Waals surface area contributed by atoms with Crippen LogP contribution in [0.4, 0.5) is 5.95 Å². The minimum absolute atomic E-state index is 0.00834. The van der Waals surface area contributed by atoms with Crippen molar-refractivity contribution in [3.63, 3.8) is 0 Å². The lowest BCUT2D eigenvalue weighted by atomic mass is 9.79. The van der Waals surface area contributed by atoms with Crippen LogP contribution < -0.4 is 4.90 Å². The van der Waals surface area contributed by atoms with E-state index in [1.54, 1.807) is 30.7 Å². The molecule has 1 amide bonds. The van der Waals surface area contributed by atoms with E-state index < -0.39 is 5.41 Å². The Morgan fingerprint density at radius 1 is 1.29 bits per heavy atom. The van der Waals surface area contributed by atoms with Crippen LogP contribution in [0.25, 0.3) is 0 Å². The van der Waals surface area contributed by atoms with Gasteiger partial charge < -0.3 is 4.90 Å². The van der Waals surface area contributed by atoms with Crippen LogP contribution in [0.2, 0.25) is 0 Å². The summed E-state index contributed by atoms with van der Waals surface area (Å²) in [7, 11) is 0. The second-order valence-corrected chi connectivity index (χ2v) is 7.48. The molecule has 28 heavy (non-hydrogen) atoms. The summed E-state index contributed by atoms with van der Waals surface area (Å²) in [6.07, 6.45) is 8.79. The maximum absolute atomic E-state index is 13.4. The average molecular weight is 378 g/mol. The standard InChI is InChI=1S/C20H22N6O2/c1-20(4-8-25(9-5-20)19-23-6-2-7-24-19)18(27)26-17(3-10-28-26)16-11-15(12-21)13-22-14-16/h2,6-7,11,13-14,17H,3-5,8-10H2,1H3/t17-/m0/s1. The summed E-state index contributed by atoms with van der Waals surface area (Å²) in [6, 6.07) is 5.47. The molecule has 0 aromatic carbocycles. The summed E-state index contributed by atoms with van der Waals surface area (Å²) in [6.45, 7) is 3.92. The van der Waals surface area contributed by atoms with Crippen LogP contribution in [-0.2, 0) is 9.63 Å². The van der Waals surface area contributed by atoms with Crippen LogP contribution in [0.1, 0.15) is 43.4 Å². The number of carbonyl (C=O) groups is 1. The van der Waals surface area contributed by atoms with Crippen LogP contribution in [0.5, 0.6) is 0 Å². The van der Waals surface area contributed by atoms with Gasteiger partial charge in [0.05, 0.1) is 23.6 Å². The van der Waals surface area contributed by atoms with Gasteiger partial charge in [-0.2, -0.15) is 5.26 Å². The van der Waals surface area contributed by atoms with Crippen molar-refractivity contribution < 1.29 is 9.63 Å². The molecule has 144 valence electrons. The van der Waals surface area contributed by atoms with E-state index in [1.807, 2.05) is 6.92 Å². The Morgan fingerprint density at radius 3 is 2.75 bits per heavy atom. The molecular weight excluding hydrogens is 356 g/mol. The molecule has 2 aromatic rings. The van der Waals surface area contributed by atoms with E-state index in [0.717, 1.165) is 18.7 Å². The number of hydroxylamine groups is 2.